The lowest BCUT2D eigenvalue weighted by Gasteiger charge is -2.12. The summed E-state index contributed by atoms with van der Waals surface area (Å²) in [6.45, 7) is 1.97. The van der Waals surface area contributed by atoms with Gasteiger partial charge in [-0.15, -0.1) is 0 Å². The number of rotatable bonds is 5. The van der Waals surface area contributed by atoms with Crippen LogP contribution in [0.3, 0.4) is 0 Å². The van der Waals surface area contributed by atoms with Gasteiger partial charge in [-0.3, -0.25) is 0 Å². The molecule has 0 saturated carbocycles. The van der Waals surface area contributed by atoms with E-state index in [9.17, 15) is 5.11 Å². The summed E-state index contributed by atoms with van der Waals surface area (Å²) in [6, 6.07) is 7.07. The van der Waals surface area contributed by atoms with Crippen molar-refractivity contribution in [3.63, 3.8) is 0 Å². The highest BCUT2D eigenvalue weighted by atomic mass is 16.5. The summed E-state index contributed by atoms with van der Waals surface area (Å²) < 4.78 is 10.9. The van der Waals surface area contributed by atoms with E-state index in [1.807, 2.05) is 0 Å². The fourth-order valence-corrected chi connectivity index (χ4v) is 1.61. The van der Waals surface area contributed by atoms with Gasteiger partial charge in [0.2, 0.25) is 0 Å². The van der Waals surface area contributed by atoms with Gasteiger partial charge in [-0.2, -0.15) is 0 Å². The first-order valence-electron chi connectivity index (χ1n) is 5.95. The standard InChI is InChI=1S/C14H16N2O3/c1-10(17)11-4-5-12(13(8-11)18-2)19-9-14-15-6-3-7-16-14/h3-8,10,17H,9H2,1-2H3. The third kappa shape index (κ3) is 3.42. The number of aliphatic hydroxyl groups is 1. The topological polar surface area (TPSA) is 64.5 Å². The highest BCUT2D eigenvalue weighted by Gasteiger charge is 2.09. The summed E-state index contributed by atoms with van der Waals surface area (Å²) in [4.78, 5) is 8.16. The maximum Gasteiger partial charge on any atom is 0.166 e. The van der Waals surface area contributed by atoms with Gasteiger partial charge in [0.1, 0.15) is 6.61 Å². The van der Waals surface area contributed by atoms with Gasteiger partial charge >= 0.3 is 0 Å². The van der Waals surface area contributed by atoms with Crippen LogP contribution in [0.1, 0.15) is 24.4 Å². The first kappa shape index (κ1) is 13.3. The molecule has 1 N–H and O–H groups in total. The molecular weight excluding hydrogens is 244 g/mol. The normalized spacial score (nSPS) is 11.9. The van der Waals surface area contributed by atoms with Crippen LogP contribution in [0.5, 0.6) is 11.5 Å². The van der Waals surface area contributed by atoms with Crippen LogP contribution in [0, 0.1) is 0 Å². The van der Waals surface area contributed by atoms with Crippen LogP contribution in [0.4, 0.5) is 0 Å². The van der Waals surface area contributed by atoms with Crippen molar-refractivity contribution in [3.8, 4) is 11.5 Å². The predicted octanol–water partition coefficient (Wildman–Crippen LogP) is 2.12. The van der Waals surface area contributed by atoms with Crippen molar-refractivity contribution in [2.75, 3.05) is 7.11 Å². The van der Waals surface area contributed by atoms with Gasteiger partial charge in [-0.05, 0) is 30.7 Å². The van der Waals surface area contributed by atoms with Gasteiger partial charge in [0.15, 0.2) is 17.3 Å². The van der Waals surface area contributed by atoms with Crippen LogP contribution in [0.15, 0.2) is 36.7 Å². The average molecular weight is 260 g/mol. The Morgan fingerprint density at radius 2 is 1.95 bits per heavy atom. The molecule has 1 aromatic heterocycles. The lowest BCUT2D eigenvalue weighted by Crippen LogP contribution is -2.02. The minimum Gasteiger partial charge on any atom is -0.493 e. The molecule has 5 heteroatoms. The molecule has 0 bridgehead atoms. The number of benzene rings is 1. The van der Waals surface area contributed by atoms with E-state index in [4.69, 9.17) is 9.47 Å². The Labute approximate surface area is 111 Å². The van der Waals surface area contributed by atoms with Gasteiger partial charge in [0.05, 0.1) is 13.2 Å². The Balaban J connectivity index is 2.12. The van der Waals surface area contributed by atoms with Crippen LogP contribution in [0.2, 0.25) is 0 Å². The van der Waals surface area contributed by atoms with E-state index in [1.54, 1.807) is 50.7 Å². The molecule has 0 spiro atoms. The number of hydrogen-bond acceptors (Lipinski definition) is 5. The fraction of sp³-hybridized carbons (Fsp3) is 0.286. The molecule has 100 valence electrons. The van der Waals surface area contributed by atoms with Crippen LogP contribution in [-0.4, -0.2) is 22.2 Å². The molecule has 0 amide bonds. The van der Waals surface area contributed by atoms with E-state index in [0.29, 0.717) is 17.3 Å². The molecule has 5 nitrogen and oxygen atoms in total. The highest BCUT2D eigenvalue weighted by Crippen LogP contribution is 2.30. The predicted molar refractivity (Wildman–Crippen MR) is 70.0 cm³/mol. The molecule has 0 saturated heterocycles. The number of ether oxygens (including phenoxy) is 2. The van der Waals surface area contributed by atoms with Crippen molar-refractivity contribution in [2.24, 2.45) is 0 Å². The third-order valence-corrected chi connectivity index (χ3v) is 2.65. The zero-order chi connectivity index (χ0) is 13.7. The Kier molecular flexibility index (Phi) is 4.30. The average Bonchev–Trinajstić information content (AvgIpc) is 2.45. The summed E-state index contributed by atoms with van der Waals surface area (Å²) in [5.41, 5.74) is 0.778. The van der Waals surface area contributed by atoms with Gasteiger partial charge in [-0.1, -0.05) is 6.07 Å². The third-order valence-electron chi connectivity index (χ3n) is 2.65. The lowest BCUT2D eigenvalue weighted by atomic mass is 10.1. The van der Waals surface area contributed by atoms with Gasteiger partial charge in [0, 0.05) is 12.4 Å². The SMILES string of the molecule is COc1cc(C(C)O)ccc1OCc1ncccn1. The molecule has 0 radical (unpaired) electrons. The number of aliphatic hydroxyl groups excluding tert-OH is 1. The summed E-state index contributed by atoms with van der Waals surface area (Å²) in [5, 5.41) is 9.53. The molecule has 1 heterocycles. The van der Waals surface area contributed by atoms with Crippen molar-refractivity contribution in [1.82, 2.24) is 9.97 Å². The maximum atomic E-state index is 9.53. The van der Waals surface area contributed by atoms with Crippen molar-refractivity contribution in [2.45, 2.75) is 19.6 Å². The Morgan fingerprint density at radius 3 is 2.58 bits per heavy atom. The molecule has 1 unspecified atom stereocenters. The minimum atomic E-state index is -0.541. The lowest BCUT2D eigenvalue weighted by molar-refractivity contribution is 0.198. The Bertz CT molecular complexity index is 529. The fourth-order valence-electron chi connectivity index (χ4n) is 1.61. The molecule has 19 heavy (non-hydrogen) atoms. The number of hydrogen-bond donors (Lipinski definition) is 1. The van der Waals surface area contributed by atoms with E-state index in [0.717, 1.165) is 5.56 Å². The van der Waals surface area contributed by atoms with Crippen molar-refractivity contribution >= 4 is 0 Å². The molecule has 2 aromatic rings. The maximum absolute atomic E-state index is 9.53. The van der Waals surface area contributed by atoms with Crippen LogP contribution in [0.25, 0.3) is 0 Å². The van der Waals surface area contributed by atoms with Crippen molar-refractivity contribution in [1.29, 1.82) is 0 Å². The Morgan fingerprint density at radius 1 is 1.21 bits per heavy atom. The van der Waals surface area contributed by atoms with E-state index in [2.05, 4.69) is 9.97 Å². The van der Waals surface area contributed by atoms with Crippen molar-refractivity contribution in [3.05, 3.63) is 48.0 Å². The largest absolute Gasteiger partial charge is 0.493 e. The first-order valence-corrected chi connectivity index (χ1v) is 5.95. The molecule has 0 aliphatic rings. The van der Waals surface area contributed by atoms with Gasteiger partial charge in [0.25, 0.3) is 0 Å². The summed E-state index contributed by atoms with van der Waals surface area (Å²) in [7, 11) is 1.56. The minimum absolute atomic E-state index is 0.269. The molecule has 0 aliphatic heterocycles. The van der Waals surface area contributed by atoms with Gasteiger partial charge in [-0.25, -0.2) is 9.97 Å². The summed E-state index contributed by atoms with van der Waals surface area (Å²) in [5.74, 6) is 1.78. The zero-order valence-corrected chi connectivity index (χ0v) is 10.9. The molecule has 1 aromatic carbocycles. The molecule has 0 aliphatic carbocycles. The van der Waals surface area contributed by atoms with E-state index >= 15 is 0 Å². The van der Waals surface area contributed by atoms with E-state index in [1.165, 1.54) is 0 Å². The second-order valence-electron chi connectivity index (χ2n) is 4.04. The molecular formula is C14H16N2O3. The second-order valence-corrected chi connectivity index (χ2v) is 4.04. The highest BCUT2D eigenvalue weighted by molar-refractivity contribution is 5.43. The van der Waals surface area contributed by atoms with Crippen molar-refractivity contribution < 1.29 is 14.6 Å². The van der Waals surface area contributed by atoms with Crippen LogP contribution < -0.4 is 9.47 Å². The van der Waals surface area contributed by atoms with Crippen LogP contribution >= 0.6 is 0 Å². The quantitative estimate of drug-likeness (QED) is 0.892. The monoisotopic (exact) mass is 260 g/mol. The zero-order valence-electron chi connectivity index (χ0n) is 10.9. The summed E-state index contributed by atoms with van der Waals surface area (Å²) in [6.07, 6.45) is 2.79. The summed E-state index contributed by atoms with van der Waals surface area (Å²) >= 11 is 0. The smallest absolute Gasteiger partial charge is 0.166 e. The van der Waals surface area contributed by atoms with E-state index in [-0.39, 0.29) is 6.61 Å². The molecule has 0 fully saturated rings. The second kappa shape index (κ2) is 6.15. The number of aromatic nitrogens is 2. The first-order chi connectivity index (χ1) is 9.20. The van der Waals surface area contributed by atoms with Crippen LogP contribution in [-0.2, 0) is 6.61 Å². The molecule has 2 rings (SSSR count). The molecule has 1 atom stereocenters. The number of nitrogens with zero attached hydrogens (tertiary/aromatic N) is 2. The Hall–Kier alpha value is -2.14. The van der Waals surface area contributed by atoms with E-state index < -0.39 is 6.10 Å². The van der Waals surface area contributed by atoms with Gasteiger partial charge < -0.3 is 14.6 Å². The number of methoxy groups -OCH3 is 1.